The summed E-state index contributed by atoms with van der Waals surface area (Å²) in [6.45, 7) is 3.52. The highest BCUT2D eigenvalue weighted by atomic mass is 16.6. The lowest BCUT2D eigenvalue weighted by atomic mass is 9.91. The summed E-state index contributed by atoms with van der Waals surface area (Å²) in [4.78, 5) is 19.9. The molecule has 174 valence electrons. The van der Waals surface area contributed by atoms with Gasteiger partial charge in [0, 0.05) is 24.7 Å². The molecule has 1 saturated heterocycles. The number of benzene rings is 2. The number of hydrogen-bond donors (Lipinski definition) is 0. The van der Waals surface area contributed by atoms with Gasteiger partial charge in [-0.2, -0.15) is 0 Å². The predicted molar refractivity (Wildman–Crippen MR) is 129 cm³/mol. The molecule has 34 heavy (non-hydrogen) atoms. The topological polar surface area (TPSA) is 81.3 Å². The summed E-state index contributed by atoms with van der Waals surface area (Å²) in [6, 6.07) is 17.8. The molecule has 1 fully saturated rings. The highest BCUT2D eigenvalue weighted by Gasteiger charge is 2.24. The van der Waals surface area contributed by atoms with E-state index in [2.05, 4.69) is 39.6 Å². The molecule has 0 bridgehead atoms. The van der Waals surface area contributed by atoms with Crippen molar-refractivity contribution in [2.45, 2.75) is 39.2 Å². The lowest BCUT2D eigenvalue weighted by Crippen LogP contribution is -2.32. The van der Waals surface area contributed by atoms with Crippen LogP contribution in [0.4, 0.5) is 0 Å². The van der Waals surface area contributed by atoms with Crippen LogP contribution < -0.4 is 4.74 Å². The monoisotopic (exact) mass is 456 g/mol. The van der Waals surface area contributed by atoms with Gasteiger partial charge in [-0.15, -0.1) is 0 Å². The third kappa shape index (κ3) is 4.78. The summed E-state index contributed by atoms with van der Waals surface area (Å²) in [5.74, 6) is 1.11. The van der Waals surface area contributed by atoms with Crippen molar-refractivity contribution >= 4 is 16.8 Å². The van der Waals surface area contributed by atoms with Crippen LogP contribution >= 0.6 is 0 Å². The van der Waals surface area contributed by atoms with E-state index in [1.165, 1.54) is 10.9 Å². The van der Waals surface area contributed by atoms with Gasteiger partial charge in [0.15, 0.2) is 0 Å². The van der Waals surface area contributed by atoms with Crippen LogP contribution in [0.5, 0.6) is 5.75 Å². The summed E-state index contributed by atoms with van der Waals surface area (Å²) < 4.78 is 10.7. The van der Waals surface area contributed by atoms with E-state index in [-0.39, 0.29) is 12.5 Å². The molecule has 0 saturated carbocycles. The molecule has 3 heterocycles. The molecule has 7 heteroatoms. The molecule has 0 spiro atoms. The van der Waals surface area contributed by atoms with Gasteiger partial charge in [-0.25, -0.2) is 4.63 Å². The zero-order valence-electron chi connectivity index (χ0n) is 19.3. The molecule has 1 amide bonds. The Hall–Kier alpha value is -3.74. The quantitative estimate of drug-likeness (QED) is 0.407. The molecule has 1 aliphatic heterocycles. The number of carbonyl (C=O) groups excluding carboxylic acids is 1. The zero-order valence-corrected chi connectivity index (χ0v) is 19.3. The number of likely N-dealkylation sites (tertiary alicyclic amines) is 1. The second-order valence-corrected chi connectivity index (χ2v) is 8.86. The van der Waals surface area contributed by atoms with Gasteiger partial charge in [-0.05, 0) is 68.4 Å². The van der Waals surface area contributed by atoms with Crippen LogP contribution in [0.25, 0.3) is 10.9 Å². The molecule has 2 aromatic heterocycles. The molecule has 7 nitrogen and oxygen atoms in total. The molecular weight excluding hydrogens is 428 g/mol. The van der Waals surface area contributed by atoms with Gasteiger partial charge in [-0.1, -0.05) is 40.6 Å². The number of aromatic nitrogens is 3. The van der Waals surface area contributed by atoms with Crippen LogP contribution in [0.1, 0.15) is 46.6 Å². The Labute approximate surface area is 198 Å². The number of fused-ring (bicyclic) bond motifs is 1. The Morgan fingerprint density at radius 2 is 1.91 bits per heavy atom. The zero-order chi connectivity index (χ0) is 23.3. The highest BCUT2D eigenvalue weighted by molar-refractivity contribution is 5.97. The summed E-state index contributed by atoms with van der Waals surface area (Å²) in [5.41, 5.74) is 4.27. The second kappa shape index (κ2) is 10.0. The standard InChI is InChI=1S/C27H28N4O3/c1-19-25(30-34-29-19)18-33-26-11-5-3-9-23(26)27(32)31-15-6-7-20(13-16-31)17-21-12-14-28-24-10-4-2-8-22(21)24/h2-5,8-12,14,20H,6-7,13,15-18H2,1H3/t20-/m0/s1. The lowest BCUT2D eigenvalue weighted by molar-refractivity contribution is 0.0755. The Balaban J connectivity index is 1.25. The van der Waals surface area contributed by atoms with E-state index < -0.39 is 0 Å². The number of ether oxygens (including phenoxy) is 1. The number of hydrogen-bond acceptors (Lipinski definition) is 6. The highest BCUT2D eigenvalue weighted by Crippen LogP contribution is 2.28. The van der Waals surface area contributed by atoms with Crippen molar-refractivity contribution in [2.24, 2.45) is 5.92 Å². The Morgan fingerprint density at radius 1 is 1.06 bits per heavy atom. The van der Waals surface area contributed by atoms with Gasteiger partial charge in [0.2, 0.25) is 0 Å². The average molecular weight is 457 g/mol. The first-order chi connectivity index (χ1) is 16.7. The van der Waals surface area contributed by atoms with E-state index in [1.54, 1.807) is 0 Å². The van der Waals surface area contributed by atoms with E-state index in [0.29, 0.717) is 28.6 Å². The molecule has 1 atom stereocenters. The maximum absolute atomic E-state index is 13.4. The first-order valence-corrected chi connectivity index (χ1v) is 11.8. The molecule has 2 aromatic carbocycles. The van der Waals surface area contributed by atoms with Crippen LogP contribution in [-0.4, -0.2) is 39.2 Å². The summed E-state index contributed by atoms with van der Waals surface area (Å²) in [7, 11) is 0. The molecule has 0 unspecified atom stereocenters. The molecule has 4 aromatic rings. The molecule has 1 aliphatic rings. The fourth-order valence-corrected chi connectivity index (χ4v) is 4.68. The Kier molecular flexibility index (Phi) is 6.51. The van der Waals surface area contributed by atoms with Crippen LogP contribution in [0.15, 0.2) is 65.4 Å². The van der Waals surface area contributed by atoms with Gasteiger partial charge >= 0.3 is 0 Å². The van der Waals surface area contributed by atoms with Gasteiger partial charge in [-0.3, -0.25) is 9.78 Å². The van der Waals surface area contributed by atoms with E-state index in [0.717, 1.165) is 44.3 Å². The van der Waals surface area contributed by atoms with E-state index in [9.17, 15) is 4.79 Å². The fraction of sp³-hybridized carbons (Fsp3) is 0.333. The van der Waals surface area contributed by atoms with Crippen LogP contribution in [0, 0.1) is 12.8 Å². The predicted octanol–water partition coefficient (Wildman–Crippen LogP) is 4.99. The Bertz CT molecular complexity index is 1280. The largest absolute Gasteiger partial charge is 0.486 e. The molecule has 0 N–H and O–H groups in total. The number of para-hydroxylation sites is 2. The first kappa shape index (κ1) is 22.1. The van der Waals surface area contributed by atoms with Gasteiger partial charge in [0.05, 0.1) is 11.1 Å². The van der Waals surface area contributed by atoms with Crippen molar-refractivity contribution < 1.29 is 14.2 Å². The van der Waals surface area contributed by atoms with Crippen LogP contribution in [0.2, 0.25) is 0 Å². The number of rotatable bonds is 6. The number of amides is 1. The molecular formula is C27H28N4O3. The first-order valence-electron chi connectivity index (χ1n) is 11.8. The van der Waals surface area contributed by atoms with Crippen molar-refractivity contribution in [3.05, 3.63) is 83.3 Å². The Morgan fingerprint density at radius 3 is 2.79 bits per heavy atom. The third-order valence-corrected chi connectivity index (χ3v) is 6.61. The number of pyridine rings is 1. The van der Waals surface area contributed by atoms with E-state index in [4.69, 9.17) is 9.37 Å². The molecule has 0 radical (unpaired) electrons. The SMILES string of the molecule is Cc1nonc1COc1ccccc1C(=O)N1CCC[C@H](Cc2ccnc3ccccc23)CC1. The van der Waals surface area contributed by atoms with Gasteiger partial charge in [0.25, 0.3) is 5.91 Å². The number of carbonyl (C=O) groups is 1. The normalized spacial score (nSPS) is 16.4. The minimum Gasteiger partial charge on any atom is -0.486 e. The maximum atomic E-state index is 13.4. The van der Waals surface area contributed by atoms with Gasteiger partial charge in [0.1, 0.15) is 23.7 Å². The fourth-order valence-electron chi connectivity index (χ4n) is 4.68. The minimum atomic E-state index is 0.0145. The van der Waals surface area contributed by atoms with Crippen molar-refractivity contribution in [2.75, 3.05) is 13.1 Å². The summed E-state index contributed by atoms with van der Waals surface area (Å²) in [6.07, 6.45) is 5.99. The van der Waals surface area contributed by atoms with E-state index in [1.807, 2.05) is 48.4 Å². The van der Waals surface area contributed by atoms with E-state index >= 15 is 0 Å². The van der Waals surface area contributed by atoms with Crippen LogP contribution in [-0.2, 0) is 13.0 Å². The second-order valence-electron chi connectivity index (χ2n) is 8.86. The molecule has 0 aliphatic carbocycles. The van der Waals surface area contributed by atoms with Crippen molar-refractivity contribution in [3.63, 3.8) is 0 Å². The minimum absolute atomic E-state index is 0.0145. The summed E-state index contributed by atoms with van der Waals surface area (Å²) >= 11 is 0. The molecule has 5 rings (SSSR count). The lowest BCUT2D eigenvalue weighted by Gasteiger charge is -2.22. The van der Waals surface area contributed by atoms with Crippen LogP contribution in [0.3, 0.4) is 0 Å². The number of aryl methyl sites for hydroxylation is 1. The maximum Gasteiger partial charge on any atom is 0.257 e. The van der Waals surface area contributed by atoms with Gasteiger partial charge < -0.3 is 9.64 Å². The smallest absolute Gasteiger partial charge is 0.257 e. The van der Waals surface area contributed by atoms with Crippen molar-refractivity contribution in [3.8, 4) is 5.75 Å². The van der Waals surface area contributed by atoms with Crippen molar-refractivity contribution in [1.29, 1.82) is 0 Å². The summed E-state index contributed by atoms with van der Waals surface area (Å²) in [5, 5.41) is 8.87. The number of nitrogens with zero attached hydrogens (tertiary/aromatic N) is 4. The van der Waals surface area contributed by atoms with Crippen molar-refractivity contribution in [1.82, 2.24) is 20.2 Å². The average Bonchev–Trinajstić information content (AvgIpc) is 3.14. The third-order valence-electron chi connectivity index (χ3n) is 6.61.